The van der Waals surface area contributed by atoms with Gasteiger partial charge in [0.15, 0.2) is 0 Å². The predicted octanol–water partition coefficient (Wildman–Crippen LogP) is 1.78. The Balaban J connectivity index is 4.20. The zero-order chi connectivity index (χ0) is 9.99. The molecule has 0 saturated carbocycles. The molecule has 0 aromatic rings. The quantitative estimate of drug-likeness (QED) is 0.667. The van der Waals surface area contributed by atoms with Crippen LogP contribution in [0.4, 0.5) is 0 Å². The third kappa shape index (κ3) is 4.73. The molecule has 12 heavy (non-hydrogen) atoms. The number of hydrogen-bond donors (Lipinski definition) is 2. The predicted molar refractivity (Wildman–Crippen MR) is 53.2 cm³/mol. The molecule has 0 radical (unpaired) electrons. The van der Waals surface area contributed by atoms with E-state index in [1.54, 1.807) is 0 Å². The fourth-order valence-electron chi connectivity index (χ4n) is 1.06. The van der Waals surface area contributed by atoms with E-state index in [4.69, 9.17) is 5.11 Å². The number of hydrogen-bond acceptors (Lipinski definition) is 2. The third-order valence-corrected chi connectivity index (χ3v) is 1.84. The second-order valence-corrected chi connectivity index (χ2v) is 5.50. The van der Waals surface area contributed by atoms with Gasteiger partial charge in [-0.05, 0) is 26.2 Å². The highest BCUT2D eigenvalue weighted by Gasteiger charge is 2.27. The first-order valence-electron chi connectivity index (χ1n) is 4.55. The fraction of sp³-hybridized carbons (Fsp3) is 1.00. The highest BCUT2D eigenvalue weighted by Crippen LogP contribution is 2.20. The normalized spacial score (nSPS) is 16.2. The average molecular weight is 173 g/mol. The summed E-state index contributed by atoms with van der Waals surface area (Å²) in [5.41, 5.74) is 0.183. The Kier molecular flexibility index (Phi) is 3.73. The van der Waals surface area contributed by atoms with E-state index in [1.807, 2.05) is 0 Å². The van der Waals surface area contributed by atoms with Gasteiger partial charge >= 0.3 is 0 Å². The largest absolute Gasteiger partial charge is 0.395 e. The molecule has 2 nitrogen and oxygen atoms in total. The van der Waals surface area contributed by atoms with Crippen LogP contribution in [0.3, 0.4) is 0 Å². The molecule has 1 atom stereocenters. The van der Waals surface area contributed by atoms with Crippen LogP contribution >= 0.6 is 0 Å². The Bertz CT molecular complexity index is 130. The number of aliphatic hydroxyl groups is 1. The van der Waals surface area contributed by atoms with Crippen molar-refractivity contribution in [2.75, 3.05) is 6.61 Å². The molecule has 0 fully saturated rings. The Morgan fingerprint density at radius 1 is 1.08 bits per heavy atom. The second kappa shape index (κ2) is 3.75. The first-order chi connectivity index (χ1) is 5.17. The lowest BCUT2D eigenvalue weighted by molar-refractivity contribution is 0.134. The van der Waals surface area contributed by atoms with Gasteiger partial charge < -0.3 is 10.4 Å². The molecule has 1 unspecified atom stereocenters. The van der Waals surface area contributed by atoms with Gasteiger partial charge in [0, 0.05) is 11.6 Å². The van der Waals surface area contributed by atoms with Crippen molar-refractivity contribution >= 4 is 0 Å². The van der Waals surface area contributed by atoms with Crippen molar-refractivity contribution in [2.45, 2.75) is 53.1 Å². The van der Waals surface area contributed by atoms with E-state index in [1.165, 1.54) is 0 Å². The van der Waals surface area contributed by atoms with Crippen LogP contribution in [0, 0.1) is 5.41 Å². The summed E-state index contributed by atoms with van der Waals surface area (Å²) < 4.78 is 0. The molecule has 0 aliphatic rings. The summed E-state index contributed by atoms with van der Waals surface area (Å²) in [4.78, 5) is 0. The SMILES string of the molecule is CC(C)(C)NC(CO)C(C)(C)C. The highest BCUT2D eigenvalue weighted by atomic mass is 16.3. The van der Waals surface area contributed by atoms with E-state index in [0.717, 1.165) is 0 Å². The lowest BCUT2D eigenvalue weighted by Gasteiger charge is -2.36. The molecular formula is C10H23NO. The topological polar surface area (TPSA) is 32.3 Å². The monoisotopic (exact) mass is 173 g/mol. The molecule has 0 heterocycles. The Morgan fingerprint density at radius 2 is 1.50 bits per heavy atom. The van der Waals surface area contributed by atoms with Gasteiger partial charge in [0.25, 0.3) is 0 Å². The van der Waals surface area contributed by atoms with Gasteiger partial charge in [0.1, 0.15) is 0 Å². The molecule has 0 aliphatic heterocycles. The minimum atomic E-state index is 0.0701. The average Bonchev–Trinajstić information content (AvgIpc) is 1.78. The lowest BCUT2D eigenvalue weighted by Crippen LogP contribution is -2.51. The van der Waals surface area contributed by atoms with Crippen molar-refractivity contribution < 1.29 is 5.11 Å². The molecule has 0 spiro atoms. The molecule has 74 valence electrons. The Labute approximate surface area is 76.4 Å². The third-order valence-electron chi connectivity index (χ3n) is 1.84. The highest BCUT2D eigenvalue weighted by molar-refractivity contribution is 4.85. The summed E-state index contributed by atoms with van der Waals surface area (Å²) in [6, 6.07) is 0.164. The van der Waals surface area contributed by atoms with Crippen LogP contribution in [0.15, 0.2) is 0 Å². The minimum absolute atomic E-state index is 0.0701. The molecule has 2 heteroatoms. The van der Waals surface area contributed by atoms with Crippen LogP contribution in [0.1, 0.15) is 41.5 Å². The number of aliphatic hydroxyl groups excluding tert-OH is 1. The first kappa shape index (κ1) is 11.9. The van der Waals surface area contributed by atoms with Crippen LogP contribution < -0.4 is 5.32 Å². The first-order valence-corrected chi connectivity index (χ1v) is 4.55. The van der Waals surface area contributed by atoms with Gasteiger partial charge in [-0.1, -0.05) is 20.8 Å². The van der Waals surface area contributed by atoms with Crippen LogP contribution in [-0.2, 0) is 0 Å². The number of rotatable bonds is 2. The van der Waals surface area contributed by atoms with Crippen LogP contribution in [0.5, 0.6) is 0 Å². The zero-order valence-electron chi connectivity index (χ0n) is 9.23. The zero-order valence-corrected chi connectivity index (χ0v) is 9.23. The van der Waals surface area contributed by atoms with Crippen molar-refractivity contribution in [3.05, 3.63) is 0 Å². The van der Waals surface area contributed by atoms with Gasteiger partial charge in [0.2, 0.25) is 0 Å². The van der Waals surface area contributed by atoms with Crippen LogP contribution in [0.2, 0.25) is 0 Å². The maximum absolute atomic E-state index is 9.16. The smallest absolute Gasteiger partial charge is 0.0589 e. The molecule has 0 aromatic heterocycles. The summed E-state index contributed by atoms with van der Waals surface area (Å²) >= 11 is 0. The molecule has 0 aromatic carbocycles. The standard InChI is InChI=1S/C10H23NO/c1-9(2,3)8(7-12)11-10(4,5)6/h8,11-12H,7H2,1-6H3. The molecular weight excluding hydrogens is 150 g/mol. The van der Waals surface area contributed by atoms with E-state index >= 15 is 0 Å². The van der Waals surface area contributed by atoms with Gasteiger partial charge in [0.05, 0.1) is 6.61 Å². The summed E-state index contributed by atoms with van der Waals surface area (Å²) in [5, 5.41) is 12.6. The van der Waals surface area contributed by atoms with Crippen LogP contribution in [-0.4, -0.2) is 23.3 Å². The molecule has 0 saturated heterocycles. The maximum Gasteiger partial charge on any atom is 0.0589 e. The van der Waals surface area contributed by atoms with E-state index < -0.39 is 0 Å². The van der Waals surface area contributed by atoms with Crippen molar-refractivity contribution in [1.82, 2.24) is 5.32 Å². The van der Waals surface area contributed by atoms with Crippen LogP contribution in [0.25, 0.3) is 0 Å². The van der Waals surface area contributed by atoms with Crippen molar-refractivity contribution in [2.24, 2.45) is 5.41 Å². The Morgan fingerprint density at radius 3 is 1.58 bits per heavy atom. The van der Waals surface area contributed by atoms with Gasteiger partial charge in [-0.2, -0.15) is 0 Å². The fourth-order valence-corrected chi connectivity index (χ4v) is 1.06. The van der Waals surface area contributed by atoms with E-state index in [0.29, 0.717) is 0 Å². The van der Waals surface area contributed by atoms with E-state index in [-0.39, 0.29) is 23.6 Å². The van der Waals surface area contributed by atoms with Crippen molar-refractivity contribution in [1.29, 1.82) is 0 Å². The second-order valence-electron chi connectivity index (χ2n) is 5.50. The minimum Gasteiger partial charge on any atom is -0.395 e. The molecule has 0 bridgehead atoms. The van der Waals surface area contributed by atoms with Gasteiger partial charge in [-0.15, -0.1) is 0 Å². The Hall–Kier alpha value is -0.0800. The molecule has 2 N–H and O–H groups in total. The molecule has 0 amide bonds. The maximum atomic E-state index is 9.16. The summed E-state index contributed by atoms with van der Waals surface area (Å²) in [7, 11) is 0. The van der Waals surface area contributed by atoms with E-state index in [9.17, 15) is 0 Å². The van der Waals surface area contributed by atoms with Gasteiger partial charge in [-0.25, -0.2) is 0 Å². The summed E-state index contributed by atoms with van der Waals surface area (Å²) in [5.74, 6) is 0. The van der Waals surface area contributed by atoms with E-state index in [2.05, 4.69) is 46.9 Å². The van der Waals surface area contributed by atoms with Crippen molar-refractivity contribution in [3.63, 3.8) is 0 Å². The summed E-state index contributed by atoms with van der Waals surface area (Å²) in [6.45, 7) is 12.9. The number of nitrogens with one attached hydrogen (secondary N) is 1. The lowest BCUT2D eigenvalue weighted by atomic mass is 9.86. The summed E-state index contributed by atoms with van der Waals surface area (Å²) in [6.07, 6.45) is 0. The molecule has 0 aliphatic carbocycles. The van der Waals surface area contributed by atoms with Gasteiger partial charge in [-0.3, -0.25) is 0 Å². The molecule has 0 rings (SSSR count). The van der Waals surface area contributed by atoms with Crippen molar-refractivity contribution in [3.8, 4) is 0 Å².